The van der Waals surface area contributed by atoms with E-state index < -0.39 is 0 Å². The van der Waals surface area contributed by atoms with Gasteiger partial charge in [-0.3, -0.25) is 4.79 Å². The highest BCUT2D eigenvalue weighted by molar-refractivity contribution is 7.15. The highest BCUT2D eigenvalue weighted by Gasteiger charge is 2.10. The zero-order chi connectivity index (χ0) is 18.0. The number of ether oxygens (including phenoxy) is 2. The average Bonchev–Trinajstić information content (AvgIpc) is 3.13. The Hall–Kier alpha value is -2.41. The summed E-state index contributed by atoms with van der Waals surface area (Å²) in [6, 6.07) is 5.64. The molecule has 0 saturated carbocycles. The number of hydrogen-bond acceptors (Lipinski definition) is 6. The van der Waals surface area contributed by atoms with Crippen LogP contribution in [0.2, 0.25) is 0 Å². The van der Waals surface area contributed by atoms with Gasteiger partial charge in [-0.1, -0.05) is 38.2 Å². The van der Waals surface area contributed by atoms with Crippen LogP contribution in [0.25, 0.3) is 11.0 Å². The average molecular weight is 359 g/mol. The standard InChI is InChI=1S/C18H21N3O3S/c1-5-16-19-18-21(20-16)17(22)15(25-18)9-12-6-7-13(14(8-12)23-4)24-10-11(2)3/h6-9,11H,5,10H2,1-4H3/b15-9-. The molecule has 0 bridgehead atoms. The van der Waals surface area contributed by atoms with Gasteiger partial charge in [0.05, 0.1) is 18.2 Å². The fourth-order valence-electron chi connectivity index (χ4n) is 2.33. The molecule has 0 unspecified atom stereocenters. The van der Waals surface area contributed by atoms with Gasteiger partial charge in [-0.25, -0.2) is 4.98 Å². The Kier molecular flexibility index (Phi) is 5.03. The number of methoxy groups -OCH3 is 1. The second-order valence-electron chi connectivity index (χ2n) is 6.11. The second kappa shape index (κ2) is 7.23. The molecule has 0 aliphatic rings. The van der Waals surface area contributed by atoms with Crippen molar-refractivity contribution >= 4 is 22.4 Å². The molecule has 132 valence electrons. The fraction of sp³-hybridized carbons (Fsp3) is 0.389. The minimum atomic E-state index is -0.147. The molecule has 0 spiro atoms. The van der Waals surface area contributed by atoms with Gasteiger partial charge in [0.1, 0.15) is 0 Å². The third kappa shape index (κ3) is 3.66. The highest BCUT2D eigenvalue weighted by atomic mass is 32.1. The Morgan fingerprint density at radius 3 is 2.76 bits per heavy atom. The molecule has 2 heterocycles. The van der Waals surface area contributed by atoms with Crippen molar-refractivity contribution in [2.24, 2.45) is 5.92 Å². The van der Waals surface area contributed by atoms with Crippen LogP contribution in [0.15, 0.2) is 23.0 Å². The van der Waals surface area contributed by atoms with Gasteiger partial charge in [0.2, 0.25) is 4.96 Å². The van der Waals surface area contributed by atoms with E-state index in [9.17, 15) is 4.79 Å². The van der Waals surface area contributed by atoms with Crippen LogP contribution < -0.4 is 19.6 Å². The van der Waals surface area contributed by atoms with Crippen molar-refractivity contribution in [3.8, 4) is 11.5 Å². The van der Waals surface area contributed by atoms with Crippen LogP contribution in [0.1, 0.15) is 32.2 Å². The number of hydrogen-bond donors (Lipinski definition) is 0. The van der Waals surface area contributed by atoms with Crippen molar-refractivity contribution in [1.29, 1.82) is 0 Å². The predicted octanol–water partition coefficient (Wildman–Crippen LogP) is 2.30. The maximum atomic E-state index is 12.4. The smallest absolute Gasteiger partial charge is 0.291 e. The lowest BCUT2D eigenvalue weighted by atomic mass is 10.2. The molecule has 0 saturated heterocycles. The fourth-order valence-corrected chi connectivity index (χ4v) is 3.25. The SMILES string of the molecule is CCc1nc2s/c(=C\c3ccc(OCC(C)C)c(OC)c3)c(=O)n2n1. The van der Waals surface area contributed by atoms with E-state index in [0.29, 0.717) is 45.8 Å². The molecule has 1 aromatic carbocycles. The topological polar surface area (TPSA) is 65.7 Å². The highest BCUT2D eigenvalue weighted by Crippen LogP contribution is 2.28. The first-order chi connectivity index (χ1) is 12.0. The molecule has 3 rings (SSSR count). The van der Waals surface area contributed by atoms with Crippen molar-refractivity contribution in [1.82, 2.24) is 14.6 Å². The van der Waals surface area contributed by atoms with Crippen molar-refractivity contribution in [3.05, 3.63) is 44.5 Å². The lowest BCUT2D eigenvalue weighted by Crippen LogP contribution is -2.23. The normalized spacial score (nSPS) is 12.3. The van der Waals surface area contributed by atoms with Gasteiger partial charge >= 0.3 is 0 Å². The zero-order valence-corrected chi connectivity index (χ0v) is 15.6. The number of aryl methyl sites for hydroxylation is 1. The van der Waals surface area contributed by atoms with Gasteiger partial charge in [0, 0.05) is 6.42 Å². The molecular weight excluding hydrogens is 338 g/mol. The van der Waals surface area contributed by atoms with Crippen LogP contribution in [-0.2, 0) is 6.42 Å². The summed E-state index contributed by atoms with van der Waals surface area (Å²) in [6.07, 6.45) is 2.53. The van der Waals surface area contributed by atoms with E-state index in [1.807, 2.05) is 31.2 Å². The molecule has 0 aliphatic carbocycles. The van der Waals surface area contributed by atoms with Crippen LogP contribution in [0, 0.1) is 5.92 Å². The monoisotopic (exact) mass is 359 g/mol. The predicted molar refractivity (Wildman–Crippen MR) is 98.6 cm³/mol. The number of rotatable bonds is 6. The van der Waals surface area contributed by atoms with Gasteiger partial charge in [-0.15, -0.1) is 5.10 Å². The van der Waals surface area contributed by atoms with Crippen LogP contribution in [0.3, 0.4) is 0 Å². The second-order valence-corrected chi connectivity index (χ2v) is 7.12. The largest absolute Gasteiger partial charge is 0.493 e. The third-order valence-electron chi connectivity index (χ3n) is 3.60. The van der Waals surface area contributed by atoms with E-state index in [2.05, 4.69) is 23.9 Å². The summed E-state index contributed by atoms with van der Waals surface area (Å²) in [5.41, 5.74) is 0.720. The summed E-state index contributed by atoms with van der Waals surface area (Å²) in [7, 11) is 1.61. The van der Waals surface area contributed by atoms with Gasteiger partial charge in [-0.05, 0) is 29.7 Å². The molecular formula is C18H21N3O3S. The lowest BCUT2D eigenvalue weighted by molar-refractivity contribution is 0.257. The minimum Gasteiger partial charge on any atom is -0.493 e. The molecule has 7 heteroatoms. The van der Waals surface area contributed by atoms with Gasteiger partial charge < -0.3 is 9.47 Å². The summed E-state index contributed by atoms with van der Waals surface area (Å²) in [5.74, 6) is 2.46. The van der Waals surface area contributed by atoms with E-state index in [1.54, 1.807) is 7.11 Å². The van der Waals surface area contributed by atoms with Crippen molar-refractivity contribution in [3.63, 3.8) is 0 Å². The van der Waals surface area contributed by atoms with Gasteiger partial charge in [0.25, 0.3) is 5.56 Å². The summed E-state index contributed by atoms with van der Waals surface area (Å²) in [5, 5.41) is 4.22. The first-order valence-electron chi connectivity index (χ1n) is 8.22. The number of aromatic nitrogens is 3. The minimum absolute atomic E-state index is 0.147. The molecule has 6 nitrogen and oxygen atoms in total. The van der Waals surface area contributed by atoms with Crippen LogP contribution in [0.5, 0.6) is 11.5 Å². The maximum absolute atomic E-state index is 12.4. The summed E-state index contributed by atoms with van der Waals surface area (Å²) in [6.45, 7) is 6.77. The number of fused-ring (bicyclic) bond motifs is 1. The van der Waals surface area contributed by atoms with Crippen LogP contribution in [-0.4, -0.2) is 28.3 Å². The van der Waals surface area contributed by atoms with Crippen molar-refractivity contribution in [2.45, 2.75) is 27.2 Å². The third-order valence-corrected chi connectivity index (χ3v) is 4.56. The molecule has 3 aromatic rings. The molecule has 0 amide bonds. The van der Waals surface area contributed by atoms with E-state index >= 15 is 0 Å². The lowest BCUT2D eigenvalue weighted by Gasteiger charge is -2.12. The zero-order valence-electron chi connectivity index (χ0n) is 14.8. The summed E-state index contributed by atoms with van der Waals surface area (Å²) >= 11 is 1.34. The van der Waals surface area contributed by atoms with E-state index in [1.165, 1.54) is 15.9 Å². The van der Waals surface area contributed by atoms with Gasteiger partial charge in [0.15, 0.2) is 17.3 Å². The van der Waals surface area contributed by atoms with Crippen molar-refractivity contribution in [2.75, 3.05) is 13.7 Å². The Balaban J connectivity index is 1.96. The quantitative estimate of drug-likeness (QED) is 0.676. The van der Waals surface area contributed by atoms with E-state index in [4.69, 9.17) is 9.47 Å². The van der Waals surface area contributed by atoms with Crippen LogP contribution in [0.4, 0.5) is 0 Å². The number of nitrogens with zero attached hydrogens (tertiary/aromatic N) is 3. The Morgan fingerprint density at radius 2 is 2.12 bits per heavy atom. The maximum Gasteiger partial charge on any atom is 0.291 e. The molecule has 0 fully saturated rings. The molecule has 0 N–H and O–H groups in total. The molecule has 25 heavy (non-hydrogen) atoms. The van der Waals surface area contributed by atoms with E-state index in [-0.39, 0.29) is 5.56 Å². The Morgan fingerprint density at radius 1 is 1.32 bits per heavy atom. The summed E-state index contributed by atoms with van der Waals surface area (Å²) in [4.78, 5) is 17.4. The number of thiazole rings is 1. The molecule has 2 aromatic heterocycles. The first kappa shape index (κ1) is 17.4. The van der Waals surface area contributed by atoms with Crippen LogP contribution >= 0.6 is 11.3 Å². The number of benzene rings is 1. The molecule has 0 radical (unpaired) electrons. The Bertz CT molecular complexity index is 991. The first-order valence-corrected chi connectivity index (χ1v) is 9.04. The van der Waals surface area contributed by atoms with Crippen molar-refractivity contribution < 1.29 is 9.47 Å². The summed E-state index contributed by atoms with van der Waals surface area (Å²) < 4.78 is 13.1. The van der Waals surface area contributed by atoms with Gasteiger partial charge in [-0.2, -0.15) is 4.52 Å². The Labute approximate surface area is 149 Å². The molecule has 0 atom stereocenters. The molecule has 0 aliphatic heterocycles. The van der Waals surface area contributed by atoms with E-state index in [0.717, 1.165) is 5.56 Å².